The number of carbonyl (C=O) groups is 2. The van der Waals surface area contributed by atoms with Crippen molar-refractivity contribution in [3.8, 4) is 0 Å². The molecule has 7 heteroatoms. The average molecular weight is 295 g/mol. The number of alkyl carbamates (subject to hydrolysis) is 1. The molecule has 1 atom stereocenters. The third kappa shape index (κ3) is 5.24. The van der Waals surface area contributed by atoms with Gasteiger partial charge in [0.1, 0.15) is 5.60 Å². The summed E-state index contributed by atoms with van der Waals surface area (Å²) in [6.07, 6.45) is -0.0929. The molecule has 0 aromatic heterocycles. The summed E-state index contributed by atoms with van der Waals surface area (Å²) in [7, 11) is 0. The fourth-order valence-corrected chi connectivity index (χ4v) is 1.79. The Morgan fingerprint density at radius 3 is 2.42 bits per heavy atom. The summed E-state index contributed by atoms with van der Waals surface area (Å²) in [5, 5.41) is 5.68. The number of ether oxygens (including phenoxy) is 2. The monoisotopic (exact) mass is 294 g/mol. The molecule has 1 rings (SSSR count). The summed E-state index contributed by atoms with van der Waals surface area (Å²) in [6, 6.07) is 0. The van der Waals surface area contributed by atoms with Gasteiger partial charge in [0.15, 0.2) is 5.54 Å². The number of esters is 1. The predicted molar refractivity (Wildman–Crippen MR) is 73.5 cm³/mol. The van der Waals surface area contributed by atoms with Gasteiger partial charge in [-0.25, -0.2) is 9.59 Å². The summed E-state index contributed by atoms with van der Waals surface area (Å²) in [5.74, 6) is -0.416. The second-order valence-electron chi connectivity index (χ2n) is 5.36. The molecule has 1 fully saturated rings. The van der Waals surface area contributed by atoms with E-state index in [1.54, 1.807) is 27.7 Å². The Morgan fingerprint density at radius 2 is 2.00 bits per heavy atom. The number of carbonyl (C=O) groups excluding carboxylic acids is 2. The zero-order valence-electron chi connectivity index (χ0n) is 11.9. The molecule has 0 aromatic rings. The average Bonchev–Trinajstić information content (AvgIpc) is 2.64. The van der Waals surface area contributed by atoms with E-state index in [9.17, 15) is 9.59 Å². The number of nitrogens with one attached hydrogen (secondary N) is 2. The van der Waals surface area contributed by atoms with Crippen LogP contribution in [0.3, 0.4) is 0 Å². The van der Waals surface area contributed by atoms with E-state index in [1.807, 2.05) is 0 Å². The minimum atomic E-state index is -1.00. The topological polar surface area (TPSA) is 76.7 Å². The second kappa shape index (κ2) is 6.96. The van der Waals surface area contributed by atoms with Gasteiger partial charge in [0.25, 0.3) is 0 Å². The van der Waals surface area contributed by atoms with E-state index >= 15 is 0 Å². The highest BCUT2D eigenvalue weighted by Gasteiger charge is 2.44. The molecule has 0 radical (unpaired) electrons. The molecule has 1 unspecified atom stereocenters. The summed E-state index contributed by atoms with van der Waals surface area (Å²) < 4.78 is 10.2. The zero-order valence-corrected chi connectivity index (χ0v) is 12.7. The second-order valence-corrected chi connectivity index (χ2v) is 5.36. The highest BCUT2D eigenvalue weighted by Crippen LogP contribution is 2.18. The van der Waals surface area contributed by atoms with Crippen molar-refractivity contribution in [3.63, 3.8) is 0 Å². The molecule has 1 aliphatic heterocycles. The van der Waals surface area contributed by atoms with Crippen molar-refractivity contribution >= 4 is 24.5 Å². The van der Waals surface area contributed by atoms with Gasteiger partial charge in [-0.15, -0.1) is 12.4 Å². The summed E-state index contributed by atoms with van der Waals surface area (Å²) in [4.78, 5) is 23.7. The molecule has 1 saturated heterocycles. The first kappa shape index (κ1) is 18.0. The van der Waals surface area contributed by atoms with E-state index in [0.29, 0.717) is 19.5 Å². The van der Waals surface area contributed by atoms with Crippen molar-refractivity contribution in [2.24, 2.45) is 0 Å². The molecule has 1 heterocycles. The first-order chi connectivity index (χ1) is 8.29. The minimum absolute atomic E-state index is 0. The van der Waals surface area contributed by atoms with Crippen molar-refractivity contribution in [2.75, 3.05) is 19.7 Å². The Balaban J connectivity index is 0.00000324. The van der Waals surface area contributed by atoms with E-state index in [1.165, 1.54) is 0 Å². The maximum atomic E-state index is 11.9. The quantitative estimate of drug-likeness (QED) is 0.766. The molecule has 112 valence electrons. The number of halogens is 1. The van der Waals surface area contributed by atoms with E-state index in [2.05, 4.69) is 10.6 Å². The van der Waals surface area contributed by atoms with E-state index in [0.717, 1.165) is 0 Å². The van der Waals surface area contributed by atoms with Crippen LogP contribution in [0.5, 0.6) is 0 Å². The molecule has 1 aliphatic rings. The molecule has 1 amide bonds. The lowest BCUT2D eigenvalue weighted by molar-refractivity contribution is -0.150. The third-order valence-electron chi connectivity index (χ3n) is 2.56. The Kier molecular flexibility index (Phi) is 6.59. The first-order valence-electron chi connectivity index (χ1n) is 6.18. The predicted octanol–water partition coefficient (Wildman–Crippen LogP) is 1.23. The van der Waals surface area contributed by atoms with Crippen LogP contribution < -0.4 is 10.6 Å². The highest BCUT2D eigenvalue weighted by atomic mass is 35.5. The van der Waals surface area contributed by atoms with E-state index < -0.39 is 23.2 Å². The first-order valence-corrected chi connectivity index (χ1v) is 6.18. The van der Waals surface area contributed by atoms with Crippen LogP contribution in [0.15, 0.2) is 0 Å². The molecule has 19 heavy (non-hydrogen) atoms. The van der Waals surface area contributed by atoms with Gasteiger partial charge in [0.2, 0.25) is 0 Å². The molecular weight excluding hydrogens is 272 g/mol. The van der Waals surface area contributed by atoms with Crippen molar-refractivity contribution in [1.29, 1.82) is 0 Å². The highest BCUT2D eigenvalue weighted by molar-refractivity contribution is 5.86. The van der Waals surface area contributed by atoms with Crippen LogP contribution in [0.1, 0.15) is 34.1 Å². The Morgan fingerprint density at radius 1 is 1.37 bits per heavy atom. The van der Waals surface area contributed by atoms with Crippen LogP contribution in [0.2, 0.25) is 0 Å². The van der Waals surface area contributed by atoms with Crippen molar-refractivity contribution in [2.45, 2.75) is 45.3 Å². The minimum Gasteiger partial charge on any atom is -0.464 e. The summed E-state index contributed by atoms with van der Waals surface area (Å²) in [5.41, 5.74) is -1.59. The Hall–Kier alpha value is -1.01. The van der Waals surface area contributed by atoms with Gasteiger partial charge >= 0.3 is 12.1 Å². The van der Waals surface area contributed by atoms with Crippen LogP contribution in [-0.2, 0) is 14.3 Å². The zero-order chi connectivity index (χ0) is 13.8. The maximum Gasteiger partial charge on any atom is 0.408 e. The fraction of sp³-hybridized carbons (Fsp3) is 0.833. The van der Waals surface area contributed by atoms with Crippen molar-refractivity contribution < 1.29 is 19.1 Å². The lowest BCUT2D eigenvalue weighted by Gasteiger charge is -2.28. The Bertz CT molecular complexity index is 322. The van der Waals surface area contributed by atoms with Gasteiger partial charge in [-0.05, 0) is 40.7 Å². The number of hydrogen-bond acceptors (Lipinski definition) is 5. The maximum absolute atomic E-state index is 11.9. The molecule has 6 nitrogen and oxygen atoms in total. The van der Waals surface area contributed by atoms with Gasteiger partial charge in [-0.3, -0.25) is 0 Å². The number of rotatable bonds is 3. The van der Waals surface area contributed by atoms with Crippen LogP contribution in [0.25, 0.3) is 0 Å². The molecule has 0 aliphatic carbocycles. The van der Waals surface area contributed by atoms with E-state index in [-0.39, 0.29) is 19.0 Å². The van der Waals surface area contributed by atoms with Crippen LogP contribution in [0.4, 0.5) is 4.79 Å². The van der Waals surface area contributed by atoms with Gasteiger partial charge < -0.3 is 20.1 Å². The van der Waals surface area contributed by atoms with Gasteiger partial charge in [-0.1, -0.05) is 0 Å². The fourth-order valence-electron chi connectivity index (χ4n) is 1.79. The van der Waals surface area contributed by atoms with Gasteiger partial charge in [-0.2, -0.15) is 0 Å². The van der Waals surface area contributed by atoms with Crippen LogP contribution >= 0.6 is 12.4 Å². The largest absolute Gasteiger partial charge is 0.464 e. The number of hydrogen-bond donors (Lipinski definition) is 2. The third-order valence-corrected chi connectivity index (χ3v) is 2.56. The van der Waals surface area contributed by atoms with E-state index in [4.69, 9.17) is 9.47 Å². The lowest BCUT2D eigenvalue weighted by atomic mass is 9.99. The Labute approximate surface area is 120 Å². The van der Waals surface area contributed by atoms with Gasteiger partial charge in [0.05, 0.1) is 6.61 Å². The SMILES string of the molecule is CCOC(=O)C1(NC(=O)OC(C)(C)C)CCNC1.Cl. The number of amides is 1. The molecule has 0 aromatic carbocycles. The smallest absolute Gasteiger partial charge is 0.408 e. The molecule has 2 N–H and O–H groups in total. The van der Waals surface area contributed by atoms with Crippen LogP contribution in [0, 0.1) is 0 Å². The molecular formula is C12H23ClN2O4. The van der Waals surface area contributed by atoms with Crippen molar-refractivity contribution in [3.05, 3.63) is 0 Å². The summed E-state index contributed by atoms with van der Waals surface area (Å²) in [6.45, 7) is 8.38. The normalized spacial score (nSPS) is 22.3. The molecule has 0 saturated carbocycles. The van der Waals surface area contributed by atoms with Crippen molar-refractivity contribution in [1.82, 2.24) is 10.6 Å². The molecule has 0 spiro atoms. The summed E-state index contributed by atoms with van der Waals surface area (Å²) >= 11 is 0. The lowest BCUT2D eigenvalue weighted by Crippen LogP contribution is -2.57. The van der Waals surface area contributed by atoms with Crippen LogP contribution in [-0.4, -0.2) is 42.9 Å². The molecule has 0 bridgehead atoms. The van der Waals surface area contributed by atoms with Gasteiger partial charge in [0, 0.05) is 6.54 Å². The standard InChI is InChI=1S/C12H22N2O4.ClH/c1-5-17-9(15)12(6-7-13-8-12)14-10(16)18-11(2,3)4;/h13H,5-8H2,1-4H3,(H,14,16);1H.